The van der Waals surface area contributed by atoms with Crippen molar-refractivity contribution in [1.29, 1.82) is 0 Å². The van der Waals surface area contributed by atoms with E-state index >= 15 is 0 Å². The second-order valence-electron chi connectivity index (χ2n) is 10.8. The van der Waals surface area contributed by atoms with Crippen molar-refractivity contribution in [2.24, 2.45) is 22.3 Å². The molecule has 0 aromatic heterocycles. The summed E-state index contributed by atoms with van der Waals surface area (Å²) >= 11 is 0. The van der Waals surface area contributed by atoms with Crippen molar-refractivity contribution in [2.45, 2.75) is 104 Å². The molecule has 8 nitrogen and oxygen atoms in total. The average Bonchev–Trinajstić information content (AvgIpc) is 3.15. The van der Waals surface area contributed by atoms with E-state index in [1.807, 2.05) is 20.8 Å². The van der Waals surface area contributed by atoms with Crippen LogP contribution < -0.4 is 16.8 Å². The second kappa shape index (κ2) is 10.3. The van der Waals surface area contributed by atoms with Gasteiger partial charge >= 0.3 is 6.09 Å². The van der Waals surface area contributed by atoms with Crippen molar-refractivity contribution >= 4 is 17.8 Å². The third kappa shape index (κ3) is 6.65. The lowest BCUT2D eigenvalue weighted by molar-refractivity contribution is -0.144. The van der Waals surface area contributed by atoms with Crippen molar-refractivity contribution in [3.05, 3.63) is 0 Å². The monoisotopic (exact) mass is 438 g/mol. The minimum absolute atomic E-state index is 0.0621. The Morgan fingerprint density at radius 1 is 1.16 bits per heavy atom. The predicted octanol–water partition coefficient (Wildman–Crippen LogP) is 2.33. The molecule has 31 heavy (non-hydrogen) atoms. The van der Waals surface area contributed by atoms with Crippen LogP contribution in [-0.4, -0.2) is 60.0 Å². The number of ether oxygens (including phenoxy) is 1. The molecule has 178 valence electrons. The molecule has 1 aliphatic heterocycles. The number of carbonyl (C=O) groups excluding carboxylic acids is 3. The molecule has 8 heteroatoms. The largest absolute Gasteiger partial charge is 0.447 e. The fourth-order valence-electron chi connectivity index (χ4n) is 4.80. The number of amides is 2. The molecule has 2 aliphatic rings. The van der Waals surface area contributed by atoms with Gasteiger partial charge in [-0.1, -0.05) is 20.8 Å². The van der Waals surface area contributed by atoms with Crippen molar-refractivity contribution in [2.75, 3.05) is 13.1 Å². The maximum Gasteiger partial charge on any atom is 0.408 e. The van der Waals surface area contributed by atoms with Crippen LogP contribution in [0.4, 0.5) is 4.79 Å². The smallest absolute Gasteiger partial charge is 0.408 e. The van der Waals surface area contributed by atoms with Crippen molar-refractivity contribution in [3.63, 3.8) is 0 Å². The maximum absolute atomic E-state index is 13.6. The van der Waals surface area contributed by atoms with Gasteiger partial charge < -0.3 is 26.4 Å². The first-order chi connectivity index (χ1) is 14.4. The molecule has 0 aromatic carbocycles. The molecule has 0 spiro atoms. The fourth-order valence-corrected chi connectivity index (χ4v) is 4.80. The Balaban J connectivity index is 2.20. The highest BCUT2D eigenvalue weighted by molar-refractivity contribution is 5.95. The number of nitrogens with zero attached hydrogens (tertiary/aromatic N) is 1. The zero-order valence-electron chi connectivity index (χ0n) is 19.9. The number of likely N-dealkylation sites (tertiary alicyclic amines) is 1. The molecule has 2 amide bonds. The van der Waals surface area contributed by atoms with Crippen molar-refractivity contribution < 1.29 is 19.1 Å². The molecule has 2 atom stereocenters. The third-order valence-corrected chi connectivity index (χ3v) is 6.49. The maximum atomic E-state index is 13.6. The van der Waals surface area contributed by atoms with Crippen LogP contribution in [0.25, 0.3) is 0 Å². The molecule has 0 bridgehead atoms. The van der Waals surface area contributed by atoms with Gasteiger partial charge in [0.1, 0.15) is 6.04 Å². The zero-order valence-corrected chi connectivity index (χ0v) is 19.9. The SMILES string of the molecule is CC(C)OC(=O)NC(CC(C)(C)C)C(=O)N1CCCC1C(=O)C1(CN)CCC(N)CC1. The van der Waals surface area contributed by atoms with Gasteiger partial charge in [0.25, 0.3) is 0 Å². The first-order valence-electron chi connectivity index (χ1n) is 11.7. The van der Waals surface area contributed by atoms with E-state index in [0.29, 0.717) is 32.2 Å². The van der Waals surface area contributed by atoms with E-state index in [2.05, 4.69) is 5.32 Å². The Bertz CT molecular complexity index is 650. The van der Waals surface area contributed by atoms with Gasteiger partial charge in [0.05, 0.1) is 12.1 Å². The van der Waals surface area contributed by atoms with Gasteiger partial charge in [0.15, 0.2) is 5.78 Å². The fraction of sp³-hybridized carbons (Fsp3) is 0.870. The van der Waals surface area contributed by atoms with Crippen LogP contribution in [0.3, 0.4) is 0 Å². The third-order valence-electron chi connectivity index (χ3n) is 6.49. The summed E-state index contributed by atoms with van der Waals surface area (Å²) < 4.78 is 5.20. The molecular weight excluding hydrogens is 396 g/mol. The highest BCUT2D eigenvalue weighted by Crippen LogP contribution is 2.39. The van der Waals surface area contributed by atoms with E-state index in [9.17, 15) is 14.4 Å². The molecular formula is C23H42N4O4. The van der Waals surface area contributed by atoms with Gasteiger partial charge in [-0.05, 0) is 64.2 Å². The molecule has 1 saturated heterocycles. The van der Waals surface area contributed by atoms with Gasteiger partial charge in [0.2, 0.25) is 5.91 Å². The average molecular weight is 439 g/mol. The van der Waals surface area contributed by atoms with E-state index in [-0.39, 0.29) is 35.8 Å². The highest BCUT2D eigenvalue weighted by atomic mass is 16.6. The van der Waals surface area contributed by atoms with Crippen LogP contribution in [0.2, 0.25) is 0 Å². The number of hydrogen-bond donors (Lipinski definition) is 3. The molecule has 1 aliphatic carbocycles. The molecule has 2 unspecified atom stereocenters. The number of hydrogen-bond acceptors (Lipinski definition) is 6. The van der Waals surface area contributed by atoms with Crippen LogP contribution in [0, 0.1) is 10.8 Å². The minimum Gasteiger partial charge on any atom is -0.447 e. The number of carbonyl (C=O) groups is 3. The summed E-state index contributed by atoms with van der Waals surface area (Å²) in [5, 5.41) is 2.74. The molecule has 1 saturated carbocycles. The van der Waals surface area contributed by atoms with Crippen molar-refractivity contribution in [3.8, 4) is 0 Å². The van der Waals surface area contributed by atoms with Crippen LogP contribution in [0.5, 0.6) is 0 Å². The van der Waals surface area contributed by atoms with Gasteiger partial charge in [-0.2, -0.15) is 0 Å². The number of alkyl carbamates (subject to hydrolysis) is 1. The first kappa shape index (κ1) is 25.6. The van der Waals surface area contributed by atoms with Crippen LogP contribution >= 0.6 is 0 Å². The Morgan fingerprint density at radius 2 is 1.77 bits per heavy atom. The van der Waals surface area contributed by atoms with Gasteiger partial charge in [-0.3, -0.25) is 9.59 Å². The Hall–Kier alpha value is -1.67. The lowest BCUT2D eigenvalue weighted by Crippen LogP contribution is -2.56. The van der Waals surface area contributed by atoms with Gasteiger partial charge in [-0.25, -0.2) is 4.79 Å². The second-order valence-corrected chi connectivity index (χ2v) is 10.8. The first-order valence-corrected chi connectivity index (χ1v) is 11.7. The zero-order chi connectivity index (χ0) is 23.4. The summed E-state index contributed by atoms with van der Waals surface area (Å²) in [4.78, 5) is 41.1. The summed E-state index contributed by atoms with van der Waals surface area (Å²) in [5.74, 6) is -0.154. The van der Waals surface area contributed by atoms with E-state index in [1.165, 1.54) is 0 Å². The van der Waals surface area contributed by atoms with Gasteiger partial charge in [-0.15, -0.1) is 0 Å². The molecule has 2 fully saturated rings. The van der Waals surface area contributed by atoms with E-state index in [1.54, 1.807) is 18.7 Å². The van der Waals surface area contributed by atoms with Crippen LogP contribution in [-0.2, 0) is 14.3 Å². The summed E-state index contributed by atoms with van der Waals surface area (Å²) in [7, 11) is 0. The molecule has 5 N–H and O–H groups in total. The lowest BCUT2D eigenvalue weighted by Gasteiger charge is -2.41. The van der Waals surface area contributed by atoms with Gasteiger partial charge in [0, 0.05) is 24.5 Å². The normalized spacial score (nSPS) is 27.8. The number of rotatable bonds is 7. The molecule has 0 radical (unpaired) electrons. The topological polar surface area (TPSA) is 128 Å². The minimum atomic E-state index is -0.742. The Labute approximate surface area is 186 Å². The van der Waals surface area contributed by atoms with E-state index < -0.39 is 23.6 Å². The summed E-state index contributed by atoms with van der Waals surface area (Å²) in [6.45, 7) is 10.4. The number of ketones is 1. The van der Waals surface area contributed by atoms with Crippen molar-refractivity contribution in [1.82, 2.24) is 10.2 Å². The predicted molar refractivity (Wildman–Crippen MR) is 120 cm³/mol. The molecule has 1 heterocycles. The molecule has 2 rings (SSSR count). The number of nitrogens with two attached hydrogens (primary N) is 2. The Morgan fingerprint density at radius 3 is 2.29 bits per heavy atom. The summed E-state index contributed by atoms with van der Waals surface area (Å²) in [6.07, 6.45) is 3.86. The summed E-state index contributed by atoms with van der Waals surface area (Å²) in [5.41, 5.74) is 11.3. The highest BCUT2D eigenvalue weighted by Gasteiger charge is 2.47. The standard InChI is InChI=1S/C23H42N4O4/c1-15(2)31-21(30)26-17(13-22(3,4)5)20(29)27-12-6-7-18(27)19(28)23(14-24)10-8-16(25)9-11-23/h15-18H,6-14,24-25H2,1-5H3,(H,26,30). The summed E-state index contributed by atoms with van der Waals surface area (Å²) in [6, 6.07) is -1.12. The van der Waals surface area contributed by atoms with Crippen LogP contribution in [0.1, 0.15) is 79.6 Å². The molecule has 0 aromatic rings. The lowest BCUT2D eigenvalue weighted by atomic mass is 9.68. The Kier molecular flexibility index (Phi) is 8.50. The van der Waals surface area contributed by atoms with E-state index in [4.69, 9.17) is 16.2 Å². The van der Waals surface area contributed by atoms with E-state index in [0.717, 1.165) is 19.3 Å². The number of nitrogens with one attached hydrogen (secondary N) is 1. The van der Waals surface area contributed by atoms with Crippen LogP contribution in [0.15, 0.2) is 0 Å². The number of Topliss-reactive ketones (excluding diaryl/α,β-unsaturated/α-hetero) is 1. The quantitative estimate of drug-likeness (QED) is 0.560.